The summed E-state index contributed by atoms with van der Waals surface area (Å²) < 4.78 is 0. The quantitative estimate of drug-likeness (QED) is 0.872. The van der Waals surface area contributed by atoms with Gasteiger partial charge in [0, 0.05) is 12.1 Å². The number of hydrogen-bond acceptors (Lipinski definition) is 2. The van der Waals surface area contributed by atoms with Crippen LogP contribution in [-0.2, 0) is 6.42 Å². The highest BCUT2D eigenvalue weighted by molar-refractivity contribution is 5.38. The van der Waals surface area contributed by atoms with Gasteiger partial charge in [-0.15, -0.1) is 0 Å². The second-order valence-electron chi connectivity index (χ2n) is 6.13. The lowest BCUT2D eigenvalue weighted by Gasteiger charge is -2.29. The highest BCUT2D eigenvalue weighted by atomic mass is 16.3. The van der Waals surface area contributed by atoms with Crippen molar-refractivity contribution < 1.29 is 5.11 Å². The van der Waals surface area contributed by atoms with E-state index in [0.29, 0.717) is 17.8 Å². The molecule has 1 aliphatic rings. The van der Waals surface area contributed by atoms with Gasteiger partial charge in [0.1, 0.15) is 5.75 Å². The summed E-state index contributed by atoms with van der Waals surface area (Å²) in [5.41, 5.74) is 5.27. The van der Waals surface area contributed by atoms with Crippen LogP contribution < -0.4 is 5.32 Å². The molecule has 0 aromatic heterocycles. The maximum Gasteiger partial charge on any atom is 0.115 e. The zero-order chi connectivity index (χ0) is 14.8. The lowest BCUT2D eigenvalue weighted by molar-refractivity contribution is 0.412. The molecule has 0 aliphatic heterocycles. The van der Waals surface area contributed by atoms with Gasteiger partial charge in [0.15, 0.2) is 0 Å². The summed E-state index contributed by atoms with van der Waals surface area (Å²) in [4.78, 5) is 0. The maximum atomic E-state index is 9.64. The van der Waals surface area contributed by atoms with E-state index >= 15 is 0 Å². The van der Waals surface area contributed by atoms with E-state index in [4.69, 9.17) is 0 Å². The molecular weight excluding hydrogens is 258 g/mol. The molecule has 0 fully saturated rings. The predicted molar refractivity (Wildman–Crippen MR) is 86.5 cm³/mol. The van der Waals surface area contributed by atoms with Crippen LogP contribution in [0.1, 0.15) is 54.1 Å². The Labute approximate surface area is 126 Å². The third-order valence-electron chi connectivity index (χ3n) is 4.43. The first-order valence-corrected chi connectivity index (χ1v) is 7.78. The second-order valence-corrected chi connectivity index (χ2v) is 6.13. The molecule has 2 atom stereocenters. The van der Waals surface area contributed by atoms with Crippen molar-refractivity contribution in [2.24, 2.45) is 0 Å². The molecule has 2 aromatic carbocycles. The first kappa shape index (κ1) is 14.2. The van der Waals surface area contributed by atoms with Gasteiger partial charge in [0.05, 0.1) is 0 Å². The zero-order valence-corrected chi connectivity index (χ0v) is 12.8. The third-order valence-corrected chi connectivity index (χ3v) is 4.43. The second kappa shape index (κ2) is 5.90. The lowest BCUT2D eigenvalue weighted by atomic mass is 9.87. The Bertz CT molecular complexity index is 635. The summed E-state index contributed by atoms with van der Waals surface area (Å²) in [6.45, 7) is 4.36. The van der Waals surface area contributed by atoms with Crippen LogP contribution in [0.15, 0.2) is 42.5 Å². The molecule has 2 nitrogen and oxygen atoms in total. The molecule has 0 spiro atoms. The molecule has 110 valence electrons. The summed E-state index contributed by atoms with van der Waals surface area (Å²) in [5, 5.41) is 13.4. The molecule has 0 bridgehead atoms. The maximum absolute atomic E-state index is 9.64. The van der Waals surface area contributed by atoms with Gasteiger partial charge in [-0.3, -0.25) is 0 Å². The highest BCUT2D eigenvalue weighted by Gasteiger charge is 2.22. The predicted octanol–water partition coefficient (Wildman–Crippen LogP) is 4.43. The topological polar surface area (TPSA) is 32.3 Å². The Morgan fingerprint density at radius 2 is 2.05 bits per heavy atom. The fourth-order valence-corrected chi connectivity index (χ4v) is 3.31. The van der Waals surface area contributed by atoms with Crippen molar-refractivity contribution in [3.8, 4) is 5.75 Å². The average Bonchev–Trinajstić information content (AvgIpc) is 2.47. The van der Waals surface area contributed by atoms with E-state index in [1.807, 2.05) is 6.07 Å². The van der Waals surface area contributed by atoms with Crippen LogP contribution in [0.3, 0.4) is 0 Å². The minimum Gasteiger partial charge on any atom is -0.508 e. The molecule has 0 amide bonds. The van der Waals surface area contributed by atoms with Crippen molar-refractivity contribution in [3.63, 3.8) is 0 Å². The summed E-state index contributed by atoms with van der Waals surface area (Å²) in [5.74, 6) is 0.376. The van der Waals surface area contributed by atoms with E-state index in [1.54, 1.807) is 6.07 Å². The van der Waals surface area contributed by atoms with Gasteiger partial charge < -0.3 is 10.4 Å². The van der Waals surface area contributed by atoms with Crippen molar-refractivity contribution in [1.29, 1.82) is 0 Å². The van der Waals surface area contributed by atoms with Crippen LogP contribution in [0.5, 0.6) is 5.75 Å². The van der Waals surface area contributed by atoms with Crippen LogP contribution >= 0.6 is 0 Å². The number of phenolic OH excluding ortho intramolecular Hbond substituents is 1. The molecule has 21 heavy (non-hydrogen) atoms. The van der Waals surface area contributed by atoms with Crippen LogP contribution in [0.2, 0.25) is 0 Å². The van der Waals surface area contributed by atoms with Gasteiger partial charge in [0.2, 0.25) is 0 Å². The summed E-state index contributed by atoms with van der Waals surface area (Å²) >= 11 is 0. The Kier molecular flexibility index (Phi) is 3.98. The van der Waals surface area contributed by atoms with Crippen LogP contribution in [0.25, 0.3) is 0 Å². The Morgan fingerprint density at radius 3 is 2.86 bits per heavy atom. The van der Waals surface area contributed by atoms with Crippen molar-refractivity contribution in [3.05, 3.63) is 64.7 Å². The van der Waals surface area contributed by atoms with E-state index in [0.717, 1.165) is 12.8 Å². The van der Waals surface area contributed by atoms with Gasteiger partial charge >= 0.3 is 0 Å². The Balaban J connectivity index is 1.80. The van der Waals surface area contributed by atoms with Crippen LogP contribution in [0.4, 0.5) is 0 Å². The molecule has 1 unspecified atom stereocenters. The Morgan fingerprint density at radius 1 is 1.19 bits per heavy atom. The molecule has 2 heteroatoms. The van der Waals surface area contributed by atoms with Crippen LogP contribution in [-0.4, -0.2) is 5.11 Å². The lowest BCUT2D eigenvalue weighted by Crippen LogP contribution is -2.27. The highest BCUT2D eigenvalue weighted by Crippen LogP contribution is 2.33. The van der Waals surface area contributed by atoms with Gasteiger partial charge in [-0.25, -0.2) is 0 Å². The van der Waals surface area contributed by atoms with E-state index in [2.05, 4.69) is 49.5 Å². The molecule has 0 saturated heterocycles. The smallest absolute Gasteiger partial charge is 0.115 e. The Hall–Kier alpha value is -1.80. The monoisotopic (exact) mass is 281 g/mol. The van der Waals surface area contributed by atoms with E-state index < -0.39 is 0 Å². The zero-order valence-electron chi connectivity index (χ0n) is 12.8. The van der Waals surface area contributed by atoms with Crippen molar-refractivity contribution in [2.45, 2.75) is 45.2 Å². The number of rotatable bonds is 3. The van der Waals surface area contributed by atoms with Crippen LogP contribution in [0, 0.1) is 6.92 Å². The number of fused-ring (bicyclic) bond motifs is 1. The summed E-state index contributed by atoms with van der Waals surface area (Å²) in [7, 11) is 0. The third kappa shape index (κ3) is 3.11. The number of aromatic hydroxyl groups is 1. The number of hydrogen-bond donors (Lipinski definition) is 2. The number of nitrogens with one attached hydrogen (secondary N) is 1. The molecular formula is C19H23NO. The SMILES string of the molecule is Cc1cccc([C@@H](C)NC2CCCc3cc(O)ccc32)c1. The molecule has 2 aromatic rings. The molecule has 0 radical (unpaired) electrons. The van der Waals surface area contributed by atoms with Gasteiger partial charge in [-0.05, 0) is 61.9 Å². The molecule has 0 saturated carbocycles. The van der Waals surface area contributed by atoms with E-state index in [1.165, 1.54) is 28.7 Å². The van der Waals surface area contributed by atoms with Gasteiger partial charge in [0.25, 0.3) is 0 Å². The van der Waals surface area contributed by atoms with E-state index in [-0.39, 0.29) is 0 Å². The normalized spacial score (nSPS) is 19.0. The van der Waals surface area contributed by atoms with Crippen molar-refractivity contribution in [2.75, 3.05) is 0 Å². The largest absolute Gasteiger partial charge is 0.508 e. The minimum absolute atomic E-state index is 0.328. The standard InChI is InChI=1S/C19H23NO/c1-13-5-3-6-15(11-13)14(2)20-19-8-4-7-16-12-17(21)9-10-18(16)19/h3,5-6,9-12,14,19-21H,4,7-8H2,1-2H3/t14-,19?/m1/s1. The number of phenols is 1. The van der Waals surface area contributed by atoms with Crippen molar-refractivity contribution >= 4 is 0 Å². The summed E-state index contributed by atoms with van der Waals surface area (Å²) in [6.07, 6.45) is 3.41. The minimum atomic E-state index is 0.328. The summed E-state index contributed by atoms with van der Waals surface area (Å²) in [6, 6.07) is 15.2. The number of aryl methyl sites for hydroxylation is 2. The fraction of sp³-hybridized carbons (Fsp3) is 0.368. The fourth-order valence-electron chi connectivity index (χ4n) is 3.31. The molecule has 3 rings (SSSR count). The molecule has 2 N–H and O–H groups in total. The van der Waals surface area contributed by atoms with Crippen molar-refractivity contribution in [1.82, 2.24) is 5.32 Å². The number of benzene rings is 2. The van der Waals surface area contributed by atoms with Gasteiger partial charge in [-0.2, -0.15) is 0 Å². The molecule has 0 heterocycles. The average molecular weight is 281 g/mol. The van der Waals surface area contributed by atoms with E-state index in [9.17, 15) is 5.11 Å². The first-order valence-electron chi connectivity index (χ1n) is 7.78. The molecule has 1 aliphatic carbocycles. The van der Waals surface area contributed by atoms with Gasteiger partial charge in [-0.1, -0.05) is 35.9 Å². The first-order chi connectivity index (χ1) is 10.1.